The number of hydrogen-bond acceptors (Lipinski definition) is 5. The van der Waals surface area contributed by atoms with Crippen LogP contribution < -0.4 is 0 Å². The number of hydrogen-bond donors (Lipinski definition) is 0. The molecule has 4 rings (SSSR count). The fraction of sp³-hybridized carbons (Fsp3) is 0.0909. The molecule has 0 saturated heterocycles. The molecule has 2 aromatic carbocycles. The maximum atomic E-state index is 14.0. The van der Waals surface area contributed by atoms with Gasteiger partial charge in [0.2, 0.25) is 6.19 Å². The quantitative estimate of drug-likeness (QED) is 0.160. The lowest BCUT2D eigenvalue weighted by molar-refractivity contribution is -0.141. The SMILES string of the molecule is [C-]#[N+]N=C1c2ccccc2C(=NC#N)c2nc(-c3ccc(C(F)(F)F)cc3)c(C(F)(F)F)nc21. The summed E-state index contributed by atoms with van der Waals surface area (Å²) in [4.78, 5) is 14.3. The summed E-state index contributed by atoms with van der Waals surface area (Å²) in [6.45, 7) is 7.07. The third kappa shape index (κ3) is 3.86. The van der Waals surface area contributed by atoms with Crippen molar-refractivity contribution in [3.05, 3.63) is 93.8 Å². The molecule has 1 aliphatic carbocycles. The van der Waals surface area contributed by atoms with Gasteiger partial charge in [0, 0.05) is 16.7 Å². The first-order valence-corrected chi connectivity index (χ1v) is 9.25. The van der Waals surface area contributed by atoms with Gasteiger partial charge in [-0.3, -0.25) is 0 Å². The van der Waals surface area contributed by atoms with Crippen LogP contribution in [0.15, 0.2) is 58.6 Å². The number of rotatable bonds is 1. The van der Waals surface area contributed by atoms with Gasteiger partial charge in [-0.25, -0.2) is 9.97 Å². The summed E-state index contributed by atoms with van der Waals surface area (Å²) in [7, 11) is 0. The van der Waals surface area contributed by atoms with Crippen molar-refractivity contribution < 1.29 is 26.3 Å². The van der Waals surface area contributed by atoms with E-state index >= 15 is 0 Å². The van der Waals surface area contributed by atoms with Crippen molar-refractivity contribution in [3.63, 3.8) is 0 Å². The first-order chi connectivity index (χ1) is 16.1. The van der Waals surface area contributed by atoms with Crippen LogP contribution in [0.5, 0.6) is 0 Å². The Morgan fingerprint density at radius 2 is 1.38 bits per heavy atom. The zero-order valence-electron chi connectivity index (χ0n) is 16.6. The molecule has 0 amide bonds. The highest BCUT2D eigenvalue weighted by Crippen LogP contribution is 2.38. The fourth-order valence-corrected chi connectivity index (χ4v) is 3.45. The van der Waals surface area contributed by atoms with E-state index in [9.17, 15) is 26.3 Å². The summed E-state index contributed by atoms with van der Waals surface area (Å²) < 4.78 is 80.6. The summed E-state index contributed by atoms with van der Waals surface area (Å²) >= 11 is 0. The van der Waals surface area contributed by atoms with E-state index in [0.717, 1.165) is 12.1 Å². The Kier molecular flexibility index (Phi) is 5.37. The summed E-state index contributed by atoms with van der Waals surface area (Å²) in [5.41, 5.74) is -4.06. The van der Waals surface area contributed by atoms with Gasteiger partial charge in [-0.2, -0.15) is 43.2 Å². The maximum Gasteiger partial charge on any atom is 0.435 e. The Bertz CT molecular complexity index is 1440. The van der Waals surface area contributed by atoms with E-state index in [2.05, 4.69) is 25.0 Å². The molecular weight excluding hydrogens is 462 g/mol. The molecule has 0 saturated carbocycles. The topological polar surface area (TPSA) is 78.6 Å². The Labute approximate surface area is 187 Å². The van der Waals surface area contributed by atoms with Crippen LogP contribution in [0.25, 0.3) is 16.2 Å². The van der Waals surface area contributed by atoms with E-state index in [1.165, 1.54) is 12.1 Å². The second-order valence-electron chi connectivity index (χ2n) is 6.85. The molecule has 0 unspecified atom stereocenters. The Morgan fingerprint density at radius 1 is 0.794 bits per heavy atom. The van der Waals surface area contributed by atoms with Gasteiger partial charge in [0.25, 0.3) is 0 Å². The average Bonchev–Trinajstić information content (AvgIpc) is 2.79. The van der Waals surface area contributed by atoms with E-state index < -0.39 is 35.0 Å². The van der Waals surface area contributed by atoms with Gasteiger partial charge in [0.1, 0.15) is 22.8 Å². The van der Waals surface area contributed by atoms with Crippen LogP contribution in [0, 0.1) is 18.0 Å². The molecule has 0 bridgehead atoms. The Balaban J connectivity index is 2.06. The van der Waals surface area contributed by atoms with Crippen molar-refractivity contribution in [3.8, 4) is 17.5 Å². The van der Waals surface area contributed by atoms with Gasteiger partial charge in [-0.1, -0.05) is 36.4 Å². The lowest BCUT2D eigenvalue weighted by atomic mass is 9.88. The van der Waals surface area contributed by atoms with Crippen LogP contribution in [-0.2, 0) is 12.4 Å². The van der Waals surface area contributed by atoms with Crippen LogP contribution in [-0.4, -0.2) is 21.4 Å². The monoisotopic (exact) mass is 470 g/mol. The molecule has 12 heteroatoms. The van der Waals surface area contributed by atoms with E-state index in [0.29, 0.717) is 12.1 Å². The van der Waals surface area contributed by atoms with Crippen molar-refractivity contribution in [2.45, 2.75) is 12.4 Å². The summed E-state index contributed by atoms with van der Waals surface area (Å²) in [5.74, 6) is 0. The van der Waals surface area contributed by atoms with Crippen molar-refractivity contribution in [1.29, 1.82) is 5.26 Å². The minimum Gasteiger partial charge on any atom is -0.241 e. The molecule has 3 aromatic rings. The molecule has 1 heterocycles. The fourth-order valence-electron chi connectivity index (χ4n) is 3.45. The number of halogens is 6. The van der Waals surface area contributed by atoms with E-state index in [1.807, 2.05) is 0 Å². The number of nitrogens with zero attached hydrogens (tertiary/aromatic N) is 6. The molecular formula is C22H8F6N6. The first-order valence-electron chi connectivity index (χ1n) is 9.25. The van der Waals surface area contributed by atoms with Gasteiger partial charge in [0.15, 0.2) is 11.4 Å². The van der Waals surface area contributed by atoms with Crippen LogP contribution >= 0.6 is 0 Å². The smallest absolute Gasteiger partial charge is 0.241 e. The second kappa shape index (κ2) is 8.08. The maximum absolute atomic E-state index is 14.0. The van der Waals surface area contributed by atoms with Crippen molar-refractivity contribution in [1.82, 2.24) is 9.97 Å². The molecule has 34 heavy (non-hydrogen) atoms. The van der Waals surface area contributed by atoms with Crippen LogP contribution in [0.2, 0.25) is 0 Å². The number of aromatic nitrogens is 2. The van der Waals surface area contributed by atoms with Crippen molar-refractivity contribution in [2.75, 3.05) is 0 Å². The van der Waals surface area contributed by atoms with Crippen LogP contribution in [0.4, 0.5) is 26.3 Å². The zero-order valence-corrected chi connectivity index (χ0v) is 16.6. The van der Waals surface area contributed by atoms with Crippen molar-refractivity contribution >= 4 is 11.4 Å². The minimum absolute atomic E-state index is 0.105. The molecule has 0 N–H and O–H groups in total. The number of alkyl halides is 6. The largest absolute Gasteiger partial charge is 0.435 e. The predicted molar refractivity (Wildman–Crippen MR) is 107 cm³/mol. The third-order valence-electron chi connectivity index (χ3n) is 4.85. The standard InChI is InChI=1S/C22H8F6N6/c1-30-34-17-14-5-3-2-4-13(14)16(31-10-29)18-19(17)33-20(22(26,27)28)15(32-18)11-6-8-12(9-7-11)21(23,24)25/h2-9H. The predicted octanol–water partition coefficient (Wildman–Crippen LogP) is 5.48. The molecule has 168 valence electrons. The van der Waals surface area contributed by atoms with Crippen LogP contribution in [0.3, 0.4) is 0 Å². The Morgan fingerprint density at radius 3 is 1.91 bits per heavy atom. The molecule has 1 aromatic heterocycles. The highest BCUT2D eigenvalue weighted by atomic mass is 19.4. The van der Waals surface area contributed by atoms with Gasteiger partial charge in [-0.15, -0.1) is 4.95 Å². The average molecular weight is 470 g/mol. The van der Waals surface area contributed by atoms with Gasteiger partial charge in [0.05, 0.1) is 10.7 Å². The summed E-state index contributed by atoms with van der Waals surface area (Å²) in [6.07, 6.45) is -8.17. The number of aliphatic imine (C=N–C) groups is 1. The summed E-state index contributed by atoms with van der Waals surface area (Å²) in [6, 6.07) is 9.09. The normalized spacial score (nSPS) is 15.4. The van der Waals surface area contributed by atoms with Gasteiger partial charge < -0.3 is 0 Å². The number of fused-ring (bicyclic) bond motifs is 2. The second-order valence-corrected chi connectivity index (χ2v) is 6.85. The highest BCUT2D eigenvalue weighted by Gasteiger charge is 2.41. The number of benzene rings is 2. The summed E-state index contributed by atoms with van der Waals surface area (Å²) in [5, 5.41) is 12.8. The van der Waals surface area contributed by atoms with Gasteiger partial charge >= 0.3 is 12.4 Å². The number of nitriles is 1. The molecule has 0 radical (unpaired) electrons. The molecule has 0 aliphatic heterocycles. The van der Waals surface area contributed by atoms with E-state index in [4.69, 9.17) is 11.8 Å². The molecule has 0 atom stereocenters. The van der Waals surface area contributed by atoms with Crippen LogP contribution in [0.1, 0.15) is 33.8 Å². The molecule has 1 aliphatic rings. The zero-order chi connectivity index (χ0) is 24.7. The minimum atomic E-state index is -5.05. The highest BCUT2D eigenvalue weighted by molar-refractivity contribution is 6.30. The van der Waals surface area contributed by atoms with Crippen molar-refractivity contribution in [2.24, 2.45) is 10.1 Å². The Hall–Kier alpha value is -4.58. The molecule has 6 nitrogen and oxygen atoms in total. The van der Waals surface area contributed by atoms with E-state index in [1.54, 1.807) is 18.3 Å². The lowest BCUT2D eigenvalue weighted by Crippen LogP contribution is -2.27. The third-order valence-corrected chi connectivity index (χ3v) is 4.85. The van der Waals surface area contributed by atoms with E-state index in [-0.39, 0.29) is 33.8 Å². The lowest BCUT2D eigenvalue weighted by Gasteiger charge is -2.22. The molecule has 0 spiro atoms. The van der Waals surface area contributed by atoms with Gasteiger partial charge in [-0.05, 0) is 12.1 Å². The first kappa shape index (κ1) is 22.6. The molecule has 0 fully saturated rings.